The number of thiazole rings is 1. The number of thiophene rings is 1. The number of aryl methyl sites for hydroxylation is 2. The average Bonchev–Trinajstić information content (AvgIpc) is 3.39. The quantitative estimate of drug-likeness (QED) is 0.365. The van der Waals surface area contributed by atoms with Crippen LogP contribution in [0.5, 0.6) is 0 Å². The normalized spacial score (nSPS) is 13.6. The predicted octanol–water partition coefficient (Wildman–Crippen LogP) is 2.78. The molecule has 40 heavy (non-hydrogen) atoms. The first kappa shape index (κ1) is 29.6. The Labute approximate surface area is 238 Å². The summed E-state index contributed by atoms with van der Waals surface area (Å²) in [6, 6.07) is 5.51. The summed E-state index contributed by atoms with van der Waals surface area (Å²) in [5, 5.41) is 2.78. The number of aromatic nitrogens is 1. The third-order valence-electron chi connectivity index (χ3n) is 6.16. The Morgan fingerprint density at radius 1 is 1.10 bits per heavy atom. The lowest BCUT2D eigenvalue weighted by Crippen LogP contribution is -2.29. The lowest BCUT2D eigenvalue weighted by molar-refractivity contribution is -0.143. The Balaban J connectivity index is 1.52. The number of benzene rings is 1. The fourth-order valence-corrected chi connectivity index (χ4v) is 7.92. The van der Waals surface area contributed by atoms with Gasteiger partial charge in [-0.2, -0.15) is 4.99 Å². The Kier molecular flexibility index (Phi) is 9.21. The van der Waals surface area contributed by atoms with Crippen LogP contribution in [0.4, 0.5) is 5.00 Å². The topological polar surface area (TPSA) is 150 Å². The van der Waals surface area contributed by atoms with Crippen molar-refractivity contribution in [3.05, 3.63) is 44.6 Å². The zero-order valence-corrected chi connectivity index (χ0v) is 24.7. The molecule has 11 nitrogen and oxygen atoms in total. The number of nitrogens with one attached hydrogen (secondary N) is 1. The molecule has 0 bridgehead atoms. The Morgan fingerprint density at radius 3 is 2.58 bits per heavy atom. The smallest absolute Gasteiger partial charge is 0.341 e. The second-order valence-electron chi connectivity index (χ2n) is 9.24. The molecule has 0 aliphatic heterocycles. The fraction of sp³-hybridized carbons (Fsp3) is 0.423. The number of ether oxygens (including phenoxy) is 2. The van der Waals surface area contributed by atoms with Gasteiger partial charge in [0.05, 0.1) is 29.5 Å². The molecule has 2 aromatic heterocycles. The van der Waals surface area contributed by atoms with Gasteiger partial charge in [0, 0.05) is 4.88 Å². The van der Waals surface area contributed by atoms with E-state index in [1.54, 1.807) is 13.0 Å². The molecule has 214 valence electrons. The molecule has 2 amide bonds. The van der Waals surface area contributed by atoms with E-state index < -0.39 is 45.1 Å². The number of carbonyl (C=O) groups is 4. The van der Waals surface area contributed by atoms with Gasteiger partial charge in [0.15, 0.2) is 14.6 Å². The van der Waals surface area contributed by atoms with Crippen molar-refractivity contribution in [2.24, 2.45) is 4.99 Å². The van der Waals surface area contributed by atoms with Gasteiger partial charge >= 0.3 is 11.9 Å². The van der Waals surface area contributed by atoms with E-state index in [2.05, 4.69) is 10.3 Å². The minimum Gasteiger partial charge on any atom is -0.465 e. The zero-order valence-electron chi connectivity index (χ0n) is 22.3. The number of methoxy groups -OCH3 is 1. The van der Waals surface area contributed by atoms with Crippen LogP contribution in [0, 0.1) is 6.92 Å². The molecular formula is C26H29N3O8S3. The predicted molar refractivity (Wildman–Crippen MR) is 151 cm³/mol. The van der Waals surface area contributed by atoms with Crippen LogP contribution >= 0.6 is 22.7 Å². The summed E-state index contributed by atoms with van der Waals surface area (Å²) < 4.78 is 37.7. The summed E-state index contributed by atoms with van der Waals surface area (Å²) >= 11 is 2.37. The second kappa shape index (κ2) is 12.4. The van der Waals surface area contributed by atoms with Gasteiger partial charge in [0.25, 0.3) is 5.91 Å². The van der Waals surface area contributed by atoms with E-state index in [4.69, 9.17) is 9.47 Å². The number of amides is 2. The van der Waals surface area contributed by atoms with Crippen LogP contribution in [0.15, 0.2) is 23.2 Å². The maximum atomic E-state index is 12.8. The van der Waals surface area contributed by atoms with Crippen molar-refractivity contribution in [1.82, 2.24) is 4.57 Å². The summed E-state index contributed by atoms with van der Waals surface area (Å²) in [6.45, 7) is 3.55. The van der Waals surface area contributed by atoms with Gasteiger partial charge in [0.1, 0.15) is 23.1 Å². The van der Waals surface area contributed by atoms with Gasteiger partial charge < -0.3 is 19.4 Å². The number of anilines is 1. The van der Waals surface area contributed by atoms with Crippen LogP contribution in [0.3, 0.4) is 0 Å². The van der Waals surface area contributed by atoms with Crippen LogP contribution < -0.4 is 10.1 Å². The van der Waals surface area contributed by atoms with Crippen molar-refractivity contribution >= 4 is 71.5 Å². The Hall–Kier alpha value is -3.36. The van der Waals surface area contributed by atoms with Crippen LogP contribution in [0.2, 0.25) is 0 Å². The van der Waals surface area contributed by atoms with E-state index in [1.165, 1.54) is 23.0 Å². The minimum atomic E-state index is -4.21. The van der Waals surface area contributed by atoms with Crippen molar-refractivity contribution in [3.8, 4) is 0 Å². The van der Waals surface area contributed by atoms with Crippen molar-refractivity contribution < 1.29 is 37.1 Å². The fourth-order valence-electron chi connectivity index (χ4n) is 4.47. The molecule has 0 atom stereocenters. The first-order valence-corrected chi connectivity index (χ1v) is 16.0. The van der Waals surface area contributed by atoms with Crippen LogP contribution in [0.25, 0.3) is 10.2 Å². The molecule has 0 radical (unpaired) electrons. The van der Waals surface area contributed by atoms with E-state index in [-0.39, 0.29) is 28.5 Å². The molecule has 1 aliphatic rings. The van der Waals surface area contributed by atoms with E-state index in [9.17, 15) is 27.6 Å². The first-order valence-electron chi connectivity index (χ1n) is 12.6. The maximum Gasteiger partial charge on any atom is 0.341 e. The zero-order chi connectivity index (χ0) is 29.0. The van der Waals surface area contributed by atoms with Crippen LogP contribution in [-0.4, -0.2) is 62.0 Å². The molecule has 4 rings (SSSR count). The molecule has 1 N–H and O–H groups in total. The standard InChI is InChI=1S/C26H29N3O8S3/c1-4-37-22(32)12-29-17-10-9-15(2)11-19(17)39-26(29)28-21(31)14-40(34,35)13-20(30)27-24-23(25(33)36-3)16-7-5-6-8-18(16)38-24/h9-11H,4-8,12-14H2,1-3H3,(H,27,30). The third-order valence-corrected chi connectivity index (χ3v) is 9.80. The molecular weight excluding hydrogens is 579 g/mol. The van der Waals surface area contributed by atoms with Crippen LogP contribution in [0.1, 0.15) is 46.1 Å². The number of esters is 2. The minimum absolute atomic E-state index is 0.144. The molecule has 1 aromatic carbocycles. The van der Waals surface area contributed by atoms with Gasteiger partial charge in [0.2, 0.25) is 5.91 Å². The van der Waals surface area contributed by atoms with E-state index in [0.29, 0.717) is 11.9 Å². The number of carbonyl (C=O) groups excluding carboxylic acids is 4. The van der Waals surface area contributed by atoms with E-state index >= 15 is 0 Å². The number of hydrogen-bond donors (Lipinski definition) is 1. The SMILES string of the molecule is CCOC(=O)Cn1c(=NC(=O)CS(=O)(=O)CC(=O)Nc2sc3c(c2C(=O)OC)CCCC3)sc2cc(C)ccc21. The number of rotatable bonds is 9. The monoisotopic (exact) mass is 607 g/mol. The summed E-state index contributed by atoms with van der Waals surface area (Å²) in [6.07, 6.45) is 3.30. The van der Waals surface area contributed by atoms with Gasteiger partial charge in [-0.15, -0.1) is 11.3 Å². The maximum absolute atomic E-state index is 12.8. The highest BCUT2D eigenvalue weighted by molar-refractivity contribution is 7.92. The van der Waals surface area contributed by atoms with Gasteiger partial charge in [-0.1, -0.05) is 17.4 Å². The highest BCUT2D eigenvalue weighted by atomic mass is 32.2. The van der Waals surface area contributed by atoms with Gasteiger partial charge in [-0.25, -0.2) is 13.2 Å². The van der Waals surface area contributed by atoms with Crippen molar-refractivity contribution in [2.75, 3.05) is 30.5 Å². The highest BCUT2D eigenvalue weighted by Gasteiger charge is 2.28. The Bertz CT molecular complexity index is 1660. The number of nitrogens with zero attached hydrogens (tertiary/aromatic N) is 2. The molecule has 0 saturated carbocycles. The molecule has 0 unspecified atom stereocenters. The molecule has 0 spiro atoms. The second-order valence-corrected chi connectivity index (χ2v) is 13.4. The van der Waals surface area contributed by atoms with E-state index in [1.807, 2.05) is 19.1 Å². The lowest BCUT2D eigenvalue weighted by Gasteiger charge is -2.11. The van der Waals surface area contributed by atoms with Gasteiger partial charge in [-0.3, -0.25) is 14.4 Å². The van der Waals surface area contributed by atoms with Crippen LogP contribution in [-0.2, 0) is 53.1 Å². The molecule has 14 heteroatoms. The largest absolute Gasteiger partial charge is 0.465 e. The first-order chi connectivity index (χ1) is 19.0. The van der Waals surface area contributed by atoms with Crippen molar-refractivity contribution in [3.63, 3.8) is 0 Å². The summed E-state index contributed by atoms with van der Waals surface area (Å²) in [4.78, 5) is 55.1. The summed E-state index contributed by atoms with van der Waals surface area (Å²) in [5.41, 5.74) is 2.69. The lowest BCUT2D eigenvalue weighted by atomic mass is 9.95. The number of sulfone groups is 1. The number of hydrogen-bond acceptors (Lipinski definition) is 10. The average molecular weight is 608 g/mol. The summed E-state index contributed by atoms with van der Waals surface area (Å²) in [5.74, 6) is -4.94. The van der Waals surface area contributed by atoms with E-state index in [0.717, 1.165) is 51.3 Å². The molecule has 0 saturated heterocycles. The molecule has 1 aliphatic carbocycles. The number of fused-ring (bicyclic) bond motifs is 2. The van der Waals surface area contributed by atoms with Gasteiger partial charge in [-0.05, 0) is 62.8 Å². The third kappa shape index (κ3) is 6.85. The van der Waals surface area contributed by atoms with Crippen molar-refractivity contribution in [2.45, 2.75) is 46.1 Å². The Morgan fingerprint density at radius 2 is 1.85 bits per heavy atom. The molecule has 2 heterocycles. The molecule has 3 aromatic rings. The van der Waals surface area contributed by atoms with Crippen molar-refractivity contribution in [1.29, 1.82) is 0 Å². The summed E-state index contributed by atoms with van der Waals surface area (Å²) in [7, 11) is -2.96. The molecule has 0 fully saturated rings. The highest BCUT2D eigenvalue weighted by Crippen LogP contribution is 2.38.